The molecule has 0 aliphatic heterocycles. The van der Waals surface area contributed by atoms with Crippen LogP contribution in [-0.2, 0) is 6.54 Å². The third-order valence-electron chi connectivity index (χ3n) is 3.18. The molecule has 0 spiro atoms. The summed E-state index contributed by atoms with van der Waals surface area (Å²) in [6.07, 6.45) is 3.39. The van der Waals surface area contributed by atoms with Gasteiger partial charge < -0.3 is 5.32 Å². The zero-order valence-corrected chi connectivity index (χ0v) is 11.6. The molecule has 0 bridgehead atoms. The van der Waals surface area contributed by atoms with E-state index in [2.05, 4.69) is 20.3 Å². The Morgan fingerprint density at radius 1 is 1.14 bits per heavy atom. The maximum Gasteiger partial charge on any atom is 0.253 e. The zero-order chi connectivity index (χ0) is 14.7. The van der Waals surface area contributed by atoms with Crippen LogP contribution in [0.3, 0.4) is 0 Å². The Bertz CT molecular complexity index is 787. The number of nitrogens with zero attached hydrogens (tertiary/aromatic N) is 3. The van der Waals surface area contributed by atoms with E-state index in [4.69, 9.17) is 0 Å². The van der Waals surface area contributed by atoms with Crippen molar-refractivity contribution in [3.8, 4) is 0 Å². The van der Waals surface area contributed by atoms with Crippen molar-refractivity contribution >= 4 is 16.9 Å². The summed E-state index contributed by atoms with van der Waals surface area (Å²) < 4.78 is 0. The van der Waals surface area contributed by atoms with Crippen LogP contribution in [0, 0.1) is 6.92 Å². The number of hydrogen-bond acceptors (Lipinski definition) is 4. The second-order valence-electron chi connectivity index (χ2n) is 4.68. The molecule has 0 aliphatic rings. The molecule has 3 rings (SSSR count). The predicted octanol–water partition coefficient (Wildman–Crippen LogP) is 2.26. The molecule has 3 aromatic heterocycles. The van der Waals surface area contributed by atoms with Gasteiger partial charge in [0, 0.05) is 17.8 Å². The van der Waals surface area contributed by atoms with Gasteiger partial charge >= 0.3 is 0 Å². The summed E-state index contributed by atoms with van der Waals surface area (Å²) in [6, 6.07) is 11.1. The summed E-state index contributed by atoms with van der Waals surface area (Å²) in [6.45, 7) is 2.20. The molecule has 0 saturated heterocycles. The first-order valence-electron chi connectivity index (χ1n) is 6.64. The molecule has 0 radical (unpaired) electrons. The molecule has 0 atom stereocenters. The Hall–Kier alpha value is -2.82. The van der Waals surface area contributed by atoms with Crippen molar-refractivity contribution in [1.82, 2.24) is 20.3 Å². The summed E-state index contributed by atoms with van der Waals surface area (Å²) in [7, 11) is 0. The lowest BCUT2D eigenvalue weighted by molar-refractivity contribution is 0.0949. The zero-order valence-electron chi connectivity index (χ0n) is 11.6. The van der Waals surface area contributed by atoms with E-state index in [-0.39, 0.29) is 5.91 Å². The van der Waals surface area contributed by atoms with Gasteiger partial charge in [0.05, 0.1) is 23.5 Å². The van der Waals surface area contributed by atoms with Crippen LogP contribution in [0.15, 0.2) is 48.8 Å². The Morgan fingerprint density at radius 2 is 2.00 bits per heavy atom. The number of aryl methyl sites for hydroxylation is 1. The molecule has 21 heavy (non-hydrogen) atoms. The van der Waals surface area contributed by atoms with E-state index in [0.29, 0.717) is 23.4 Å². The van der Waals surface area contributed by atoms with Crippen LogP contribution in [0.1, 0.15) is 21.7 Å². The van der Waals surface area contributed by atoms with Crippen molar-refractivity contribution in [1.29, 1.82) is 0 Å². The smallest absolute Gasteiger partial charge is 0.253 e. The van der Waals surface area contributed by atoms with E-state index >= 15 is 0 Å². The monoisotopic (exact) mass is 278 g/mol. The van der Waals surface area contributed by atoms with E-state index < -0.39 is 0 Å². The van der Waals surface area contributed by atoms with E-state index in [1.165, 1.54) is 0 Å². The van der Waals surface area contributed by atoms with E-state index in [0.717, 1.165) is 11.1 Å². The summed E-state index contributed by atoms with van der Waals surface area (Å²) in [5, 5.41) is 3.71. The van der Waals surface area contributed by atoms with Gasteiger partial charge in [0.1, 0.15) is 0 Å². The first kappa shape index (κ1) is 13.2. The number of fused-ring (bicyclic) bond motifs is 1. The minimum Gasteiger partial charge on any atom is -0.346 e. The first-order chi connectivity index (χ1) is 10.2. The Kier molecular flexibility index (Phi) is 3.55. The second-order valence-corrected chi connectivity index (χ2v) is 4.68. The van der Waals surface area contributed by atoms with Crippen molar-refractivity contribution in [2.45, 2.75) is 13.5 Å². The normalized spacial score (nSPS) is 10.5. The fraction of sp³-hybridized carbons (Fsp3) is 0.125. The van der Waals surface area contributed by atoms with Crippen LogP contribution in [0.25, 0.3) is 11.0 Å². The van der Waals surface area contributed by atoms with Crippen LogP contribution in [-0.4, -0.2) is 20.9 Å². The number of carbonyl (C=O) groups excluding carboxylic acids is 1. The van der Waals surface area contributed by atoms with Crippen molar-refractivity contribution < 1.29 is 4.79 Å². The SMILES string of the molecule is Cc1nc2ncccc2cc1C(=O)NCc1ccccn1. The fourth-order valence-electron chi connectivity index (χ4n) is 2.09. The third-order valence-corrected chi connectivity index (χ3v) is 3.18. The number of amides is 1. The number of nitrogens with one attached hydrogen (secondary N) is 1. The van der Waals surface area contributed by atoms with Crippen molar-refractivity contribution in [2.75, 3.05) is 0 Å². The van der Waals surface area contributed by atoms with Crippen molar-refractivity contribution in [2.24, 2.45) is 0 Å². The minimum absolute atomic E-state index is 0.156. The molecule has 5 nitrogen and oxygen atoms in total. The molecule has 0 fully saturated rings. The minimum atomic E-state index is -0.156. The molecule has 1 N–H and O–H groups in total. The van der Waals surface area contributed by atoms with Gasteiger partial charge in [-0.1, -0.05) is 6.07 Å². The fourth-order valence-corrected chi connectivity index (χ4v) is 2.09. The van der Waals surface area contributed by atoms with Gasteiger partial charge in [-0.2, -0.15) is 0 Å². The van der Waals surface area contributed by atoms with Gasteiger partial charge in [0.15, 0.2) is 5.65 Å². The molecule has 0 aliphatic carbocycles. The molecule has 3 aromatic rings. The van der Waals surface area contributed by atoms with Crippen molar-refractivity contribution in [3.63, 3.8) is 0 Å². The number of hydrogen-bond donors (Lipinski definition) is 1. The molecule has 5 heteroatoms. The van der Waals surface area contributed by atoms with Crippen LogP contribution in [0.4, 0.5) is 0 Å². The van der Waals surface area contributed by atoms with Gasteiger partial charge in [-0.15, -0.1) is 0 Å². The average molecular weight is 278 g/mol. The molecule has 0 unspecified atom stereocenters. The highest BCUT2D eigenvalue weighted by molar-refractivity contribution is 5.98. The predicted molar refractivity (Wildman–Crippen MR) is 79.7 cm³/mol. The van der Waals surface area contributed by atoms with E-state index in [1.807, 2.05) is 43.3 Å². The van der Waals surface area contributed by atoms with Crippen LogP contribution in [0.5, 0.6) is 0 Å². The number of pyridine rings is 3. The molecule has 104 valence electrons. The van der Waals surface area contributed by atoms with E-state index in [1.54, 1.807) is 12.4 Å². The highest BCUT2D eigenvalue weighted by Crippen LogP contribution is 2.14. The molecular weight excluding hydrogens is 264 g/mol. The lowest BCUT2D eigenvalue weighted by atomic mass is 10.1. The van der Waals surface area contributed by atoms with Crippen LogP contribution >= 0.6 is 0 Å². The van der Waals surface area contributed by atoms with Crippen molar-refractivity contribution in [3.05, 3.63) is 65.7 Å². The lowest BCUT2D eigenvalue weighted by Gasteiger charge is -2.08. The quantitative estimate of drug-likeness (QED) is 0.798. The topological polar surface area (TPSA) is 67.8 Å². The van der Waals surface area contributed by atoms with E-state index in [9.17, 15) is 4.79 Å². The number of rotatable bonds is 3. The summed E-state index contributed by atoms with van der Waals surface area (Å²) >= 11 is 0. The molecule has 1 amide bonds. The molecular formula is C16H14N4O. The number of carbonyl (C=O) groups is 1. The third kappa shape index (κ3) is 2.86. The van der Waals surface area contributed by atoms with Gasteiger partial charge in [0.2, 0.25) is 0 Å². The van der Waals surface area contributed by atoms with Gasteiger partial charge in [0.25, 0.3) is 5.91 Å². The average Bonchev–Trinajstić information content (AvgIpc) is 2.53. The molecule has 3 heterocycles. The van der Waals surface area contributed by atoms with Gasteiger partial charge in [-0.25, -0.2) is 9.97 Å². The van der Waals surface area contributed by atoms with Gasteiger partial charge in [-0.05, 0) is 37.3 Å². The lowest BCUT2D eigenvalue weighted by Crippen LogP contribution is -2.24. The van der Waals surface area contributed by atoms with Gasteiger partial charge in [-0.3, -0.25) is 9.78 Å². The molecule has 0 saturated carbocycles. The second kappa shape index (κ2) is 5.66. The first-order valence-corrected chi connectivity index (χ1v) is 6.64. The highest BCUT2D eigenvalue weighted by atomic mass is 16.1. The Balaban J connectivity index is 1.82. The Labute approximate surface area is 122 Å². The molecule has 0 aromatic carbocycles. The highest BCUT2D eigenvalue weighted by Gasteiger charge is 2.11. The number of aromatic nitrogens is 3. The summed E-state index contributed by atoms with van der Waals surface area (Å²) in [5.41, 5.74) is 2.70. The largest absolute Gasteiger partial charge is 0.346 e. The standard InChI is InChI=1S/C16H14N4O/c1-11-14(9-12-5-4-8-18-15(12)20-11)16(21)19-10-13-6-2-3-7-17-13/h2-9H,10H2,1H3,(H,19,21). The summed E-state index contributed by atoms with van der Waals surface area (Å²) in [5.74, 6) is -0.156. The van der Waals surface area contributed by atoms with Crippen LogP contribution < -0.4 is 5.32 Å². The maximum absolute atomic E-state index is 12.3. The Morgan fingerprint density at radius 3 is 2.81 bits per heavy atom. The summed E-state index contributed by atoms with van der Waals surface area (Å²) in [4.78, 5) is 25.0. The van der Waals surface area contributed by atoms with Crippen LogP contribution in [0.2, 0.25) is 0 Å². The maximum atomic E-state index is 12.3.